The second kappa shape index (κ2) is 13.8. The molecule has 0 N–H and O–H groups in total. The average molecular weight is 704 g/mol. The predicted octanol–water partition coefficient (Wildman–Crippen LogP) is 12.4. The minimum Gasteiger partial charge on any atom is -0.291 e. The summed E-state index contributed by atoms with van der Waals surface area (Å²) in [6.45, 7) is 0. The van der Waals surface area contributed by atoms with E-state index in [9.17, 15) is 0 Å². The molecule has 3 heterocycles. The fourth-order valence-corrected chi connectivity index (χ4v) is 7.41. The summed E-state index contributed by atoms with van der Waals surface area (Å²) in [6, 6.07) is 67.4. The molecule has 10 aromatic rings. The van der Waals surface area contributed by atoms with E-state index in [1.807, 2.05) is 66.9 Å². The smallest absolute Gasteiger partial charge is 0.164 e. The molecule has 0 unspecified atom stereocenters. The van der Waals surface area contributed by atoms with E-state index in [2.05, 4.69) is 143 Å². The maximum Gasteiger partial charge on any atom is 0.164 e. The van der Waals surface area contributed by atoms with Crippen LogP contribution in [0.2, 0.25) is 0 Å². The van der Waals surface area contributed by atoms with Crippen LogP contribution in [0, 0.1) is 0 Å². The molecule has 3 aromatic heterocycles. The zero-order valence-electron chi connectivity index (χ0n) is 29.8. The first-order valence-corrected chi connectivity index (χ1v) is 18.4. The number of rotatable bonds is 7. The van der Waals surface area contributed by atoms with Gasteiger partial charge in [-0.3, -0.25) is 9.55 Å². The van der Waals surface area contributed by atoms with E-state index < -0.39 is 0 Å². The largest absolute Gasteiger partial charge is 0.291 e. The molecule has 5 heteroatoms. The summed E-state index contributed by atoms with van der Waals surface area (Å²) in [5, 5.41) is 2.33. The van der Waals surface area contributed by atoms with Crippen molar-refractivity contribution in [3.63, 3.8) is 0 Å². The Balaban J connectivity index is 1.10. The van der Waals surface area contributed by atoms with Crippen molar-refractivity contribution in [2.45, 2.75) is 0 Å². The molecule has 258 valence electrons. The highest BCUT2D eigenvalue weighted by Gasteiger charge is 2.17. The number of pyridine rings is 1. The lowest BCUT2D eigenvalue weighted by atomic mass is 9.92. The Kier molecular flexibility index (Phi) is 8.08. The number of fused-ring (bicyclic) bond motifs is 2. The molecule has 0 amide bonds. The van der Waals surface area contributed by atoms with E-state index in [0.29, 0.717) is 5.82 Å². The van der Waals surface area contributed by atoms with Crippen molar-refractivity contribution in [2.75, 3.05) is 0 Å². The summed E-state index contributed by atoms with van der Waals surface area (Å²) in [7, 11) is 0. The Morgan fingerprint density at radius 3 is 1.85 bits per heavy atom. The van der Waals surface area contributed by atoms with Gasteiger partial charge in [-0.25, -0.2) is 15.0 Å². The van der Waals surface area contributed by atoms with Crippen LogP contribution < -0.4 is 0 Å². The summed E-state index contributed by atoms with van der Waals surface area (Å²) in [6.07, 6.45) is 1.81. The van der Waals surface area contributed by atoms with Crippen molar-refractivity contribution >= 4 is 21.8 Å². The molecule has 55 heavy (non-hydrogen) atoms. The van der Waals surface area contributed by atoms with E-state index in [4.69, 9.17) is 15.0 Å². The van der Waals surface area contributed by atoms with Gasteiger partial charge in [0.2, 0.25) is 0 Å². The van der Waals surface area contributed by atoms with Crippen molar-refractivity contribution < 1.29 is 0 Å². The minimum absolute atomic E-state index is 0.699. The zero-order valence-corrected chi connectivity index (χ0v) is 29.8. The summed E-state index contributed by atoms with van der Waals surface area (Å²) >= 11 is 0. The van der Waals surface area contributed by atoms with Gasteiger partial charge in [0.1, 0.15) is 5.69 Å². The lowest BCUT2D eigenvalue weighted by Gasteiger charge is -2.14. The summed E-state index contributed by atoms with van der Waals surface area (Å²) in [5.74, 6) is 1.51. The van der Waals surface area contributed by atoms with Crippen LogP contribution in [0.25, 0.3) is 95.2 Å². The van der Waals surface area contributed by atoms with Crippen LogP contribution in [0.5, 0.6) is 0 Å². The van der Waals surface area contributed by atoms with Gasteiger partial charge in [-0.2, -0.15) is 0 Å². The van der Waals surface area contributed by atoms with Gasteiger partial charge in [-0.15, -0.1) is 0 Å². The SMILES string of the molecule is c1ccc(-c2cc(-c3cc(-c4cccc(-c5cccc(-n6c(-c7ccccn7)nc7ccccc76)c5)c4)c4ccccc4c3)nc(-c3ccccc3)n2)cc1. The third-order valence-electron chi connectivity index (χ3n) is 10.1. The Morgan fingerprint density at radius 2 is 1.04 bits per heavy atom. The number of hydrogen-bond donors (Lipinski definition) is 0. The zero-order chi connectivity index (χ0) is 36.6. The van der Waals surface area contributed by atoms with Gasteiger partial charge in [0, 0.05) is 28.6 Å². The van der Waals surface area contributed by atoms with E-state index >= 15 is 0 Å². The van der Waals surface area contributed by atoms with E-state index in [1.54, 1.807) is 0 Å². The van der Waals surface area contributed by atoms with Gasteiger partial charge < -0.3 is 0 Å². The van der Waals surface area contributed by atoms with Crippen molar-refractivity contribution in [2.24, 2.45) is 0 Å². The molecule has 7 aromatic carbocycles. The van der Waals surface area contributed by atoms with E-state index in [0.717, 1.165) is 84.0 Å². The second-order valence-electron chi connectivity index (χ2n) is 13.5. The maximum absolute atomic E-state index is 5.17. The van der Waals surface area contributed by atoms with Gasteiger partial charge in [0.05, 0.1) is 22.4 Å². The Hall–Kier alpha value is -7.50. The van der Waals surface area contributed by atoms with E-state index in [-0.39, 0.29) is 0 Å². The fraction of sp³-hybridized carbons (Fsp3) is 0. The van der Waals surface area contributed by atoms with Crippen LogP contribution in [-0.2, 0) is 0 Å². The molecule has 5 nitrogen and oxygen atoms in total. The first kappa shape index (κ1) is 32.2. The van der Waals surface area contributed by atoms with Gasteiger partial charge in [-0.1, -0.05) is 133 Å². The highest BCUT2D eigenvalue weighted by Crippen LogP contribution is 2.38. The lowest BCUT2D eigenvalue weighted by molar-refractivity contribution is 1.08. The second-order valence-corrected chi connectivity index (χ2v) is 13.5. The van der Waals surface area contributed by atoms with Crippen LogP contribution in [-0.4, -0.2) is 24.5 Å². The minimum atomic E-state index is 0.699. The van der Waals surface area contributed by atoms with Crippen LogP contribution in [0.1, 0.15) is 0 Å². The molecule has 0 aliphatic carbocycles. The summed E-state index contributed by atoms with van der Waals surface area (Å²) < 4.78 is 2.21. The molecule has 0 saturated heterocycles. The van der Waals surface area contributed by atoms with Crippen LogP contribution >= 0.6 is 0 Å². The fourth-order valence-electron chi connectivity index (χ4n) is 7.41. The third-order valence-corrected chi connectivity index (χ3v) is 10.1. The summed E-state index contributed by atoms with van der Waals surface area (Å²) in [4.78, 5) is 19.9. The number of nitrogens with zero attached hydrogens (tertiary/aromatic N) is 5. The quantitative estimate of drug-likeness (QED) is 0.166. The van der Waals surface area contributed by atoms with Gasteiger partial charge >= 0.3 is 0 Å². The van der Waals surface area contributed by atoms with Crippen molar-refractivity contribution in [3.05, 3.63) is 200 Å². The number of para-hydroxylation sites is 2. The molecule has 0 spiro atoms. The van der Waals surface area contributed by atoms with Crippen LogP contribution in [0.15, 0.2) is 200 Å². The van der Waals surface area contributed by atoms with Gasteiger partial charge in [0.25, 0.3) is 0 Å². The number of aromatic nitrogens is 5. The molecular formula is C50H33N5. The standard InChI is InChI=1S/C50H33N5/c1-3-15-34(16-4-1)46-33-47(53-49(52-46)35-17-5-2-6-18-35)40-30-38-19-7-8-24-42(38)43(32-40)39-22-13-20-36(29-39)37-21-14-23-41(31-37)55-48-27-10-9-25-44(48)54-50(55)45-26-11-12-28-51-45/h1-33H. The molecular weight excluding hydrogens is 671 g/mol. The Morgan fingerprint density at radius 1 is 0.382 bits per heavy atom. The molecule has 0 saturated carbocycles. The number of hydrogen-bond acceptors (Lipinski definition) is 4. The Bertz CT molecular complexity index is 2910. The molecule has 0 aliphatic heterocycles. The first-order chi connectivity index (χ1) is 27.2. The number of benzene rings is 7. The molecule has 0 atom stereocenters. The number of imidazole rings is 1. The maximum atomic E-state index is 5.17. The highest BCUT2D eigenvalue weighted by molar-refractivity contribution is 6.00. The van der Waals surface area contributed by atoms with Gasteiger partial charge in [-0.05, 0) is 93.7 Å². The first-order valence-electron chi connectivity index (χ1n) is 18.4. The van der Waals surface area contributed by atoms with Crippen LogP contribution in [0.4, 0.5) is 0 Å². The van der Waals surface area contributed by atoms with Crippen molar-refractivity contribution in [1.29, 1.82) is 0 Å². The average Bonchev–Trinajstić information content (AvgIpc) is 3.67. The molecule has 0 radical (unpaired) electrons. The van der Waals surface area contributed by atoms with Crippen LogP contribution in [0.3, 0.4) is 0 Å². The van der Waals surface area contributed by atoms with E-state index in [1.165, 1.54) is 5.39 Å². The molecule has 0 fully saturated rings. The van der Waals surface area contributed by atoms with Crippen molar-refractivity contribution in [3.8, 4) is 73.4 Å². The van der Waals surface area contributed by atoms with Gasteiger partial charge in [0.15, 0.2) is 11.6 Å². The normalized spacial score (nSPS) is 11.3. The highest BCUT2D eigenvalue weighted by atomic mass is 15.1. The molecule has 0 aliphatic rings. The Labute approximate surface area is 318 Å². The summed E-state index contributed by atoms with van der Waals surface area (Å²) in [5.41, 5.74) is 13.1. The molecule has 0 bridgehead atoms. The third kappa shape index (κ3) is 6.14. The topological polar surface area (TPSA) is 56.5 Å². The molecule has 10 rings (SSSR count). The lowest BCUT2D eigenvalue weighted by Crippen LogP contribution is -1.99. The van der Waals surface area contributed by atoms with Crippen molar-refractivity contribution in [1.82, 2.24) is 24.5 Å². The monoisotopic (exact) mass is 703 g/mol. The predicted molar refractivity (Wildman–Crippen MR) is 225 cm³/mol.